The topological polar surface area (TPSA) is 43.8 Å². The molecule has 0 spiro atoms. The minimum atomic E-state index is 0.314. The molecule has 1 aromatic heterocycles. The maximum absolute atomic E-state index is 6.09. The van der Waals surface area contributed by atoms with E-state index in [9.17, 15) is 0 Å². The summed E-state index contributed by atoms with van der Waals surface area (Å²) in [5.74, 6) is 0.828. The van der Waals surface area contributed by atoms with Crippen LogP contribution < -0.4 is 9.64 Å². The van der Waals surface area contributed by atoms with Gasteiger partial charge in [0.15, 0.2) is 0 Å². The number of ether oxygens (including phenoxy) is 3. The van der Waals surface area contributed by atoms with Crippen LogP contribution >= 0.6 is 0 Å². The third-order valence-electron chi connectivity index (χ3n) is 5.26. The van der Waals surface area contributed by atoms with Gasteiger partial charge in [0, 0.05) is 37.0 Å². The van der Waals surface area contributed by atoms with Gasteiger partial charge in [-0.2, -0.15) is 0 Å². The zero-order valence-electron chi connectivity index (χ0n) is 14.8. The zero-order chi connectivity index (χ0) is 17.1. The summed E-state index contributed by atoms with van der Waals surface area (Å²) in [4.78, 5) is 6.95. The summed E-state index contributed by atoms with van der Waals surface area (Å²) >= 11 is 0. The van der Waals surface area contributed by atoms with E-state index in [0.29, 0.717) is 12.2 Å². The number of anilines is 1. The SMILES string of the molecule is COc1cccc2c(N3CCC(OC[C@H]4CCCO4)CC3)ccnc12. The molecule has 0 saturated carbocycles. The van der Waals surface area contributed by atoms with Gasteiger partial charge in [0.05, 0.1) is 25.9 Å². The number of fused-ring (bicyclic) bond motifs is 1. The van der Waals surface area contributed by atoms with Gasteiger partial charge in [0.25, 0.3) is 0 Å². The third kappa shape index (κ3) is 3.58. The van der Waals surface area contributed by atoms with Gasteiger partial charge in [-0.3, -0.25) is 4.98 Å². The van der Waals surface area contributed by atoms with E-state index >= 15 is 0 Å². The zero-order valence-corrected chi connectivity index (χ0v) is 14.8. The van der Waals surface area contributed by atoms with Gasteiger partial charge in [0.2, 0.25) is 0 Å². The Morgan fingerprint density at radius 2 is 2.08 bits per heavy atom. The molecule has 5 nitrogen and oxygen atoms in total. The Morgan fingerprint density at radius 3 is 2.84 bits per heavy atom. The van der Waals surface area contributed by atoms with Crippen LogP contribution in [0.25, 0.3) is 10.9 Å². The molecule has 1 aromatic carbocycles. The standard InChI is InChI=1S/C20H26N2O3/c1-23-19-6-2-5-17-18(7-10-21-20(17)19)22-11-8-15(9-12-22)25-14-16-4-3-13-24-16/h2,5-7,10,15-16H,3-4,8-9,11-14H2,1H3/t16-/m1/s1. The molecule has 2 aromatic rings. The van der Waals surface area contributed by atoms with Crippen LogP contribution in [0.4, 0.5) is 5.69 Å². The van der Waals surface area contributed by atoms with E-state index < -0.39 is 0 Å². The number of hydrogen-bond donors (Lipinski definition) is 0. The van der Waals surface area contributed by atoms with Crippen LogP contribution in [0.1, 0.15) is 25.7 Å². The maximum atomic E-state index is 6.09. The number of aromatic nitrogens is 1. The first-order valence-electron chi connectivity index (χ1n) is 9.25. The number of rotatable bonds is 5. The lowest BCUT2D eigenvalue weighted by molar-refractivity contribution is -0.0280. The first kappa shape index (κ1) is 16.6. The van der Waals surface area contributed by atoms with Crippen molar-refractivity contribution in [3.05, 3.63) is 30.5 Å². The van der Waals surface area contributed by atoms with Gasteiger partial charge in [-0.25, -0.2) is 0 Å². The average molecular weight is 342 g/mol. The van der Waals surface area contributed by atoms with Crippen LogP contribution in [0.15, 0.2) is 30.5 Å². The Hall–Kier alpha value is -1.85. The van der Waals surface area contributed by atoms with Crippen molar-refractivity contribution in [2.75, 3.05) is 38.3 Å². The quantitative estimate of drug-likeness (QED) is 0.833. The highest BCUT2D eigenvalue weighted by atomic mass is 16.5. The molecule has 1 atom stereocenters. The fourth-order valence-corrected chi connectivity index (χ4v) is 3.86. The van der Waals surface area contributed by atoms with Crippen molar-refractivity contribution < 1.29 is 14.2 Å². The van der Waals surface area contributed by atoms with Gasteiger partial charge in [-0.15, -0.1) is 0 Å². The van der Waals surface area contributed by atoms with E-state index in [1.165, 1.54) is 12.1 Å². The third-order valence-corrected chi connectivity index (χ3v) is 5.26. The van der Waals surface area contributed by atoms with E-state index in [0.717, 1.165) is 62.2 Å². The number of methoxy groups -OCH3 is 1. The van der Waals surface area contributed by atoms with Crippen LogP contribution in [-0.2, 0) is 9.47 Å². The van der Waals surface area contributed by atoms with Crippen molar-refractivity contribution in [3.63, 3.8) is 0 Å². The lowest BCUT2D eigenvalue weighted by Gasteiger charge is -2.34. The average Bonchev–Trinajstić information content (AvgIpc) is 3.19. The summed E-state index contributed by atoms with van der Waals surface area (Å²) in [6, 6.07) is 8.23. The maximum Gasteiger partial charge on any atom is 0.145 e. The number of piperidine rings is 1. The number of nitrogens with zero attached hydrogens (tertiary/aromatic N) is 2. The number of benzene rings is 1. The molecule has 5 heteroatoms. The summed E-state index contributed by atoms with van der Waals surface area (Å²) in [5.41, 5.74) is 2.17. The van der Waals surface area contributed by atoms with Gasteiger partial charge < -0.3 is 19.1 Å². The molecule has 0 radical (unpaired) electrons. The molecular formula is C20H26N2O3. The molecule has 0 N–H and O–H groups in total. The predicted molar refractivity (Wildman–Crippen MR) is 98.5 cm³/mol. The molecular weight excluding hydrogens is 316 g/mol. The normalized spacial score (nSPS) is 21.8. The van der Waals surface area contributed by atoms with Crippen LogP contribution in [0.2, 0.25) is 0 Å². The molecule has 2 saturated heterocycles. The first-order valence-corrected chi connectivity index (χ1v) is 9.25. The largest absolute Gasteiger partial charge is 0.494 e. The number of pyridine rings is 1. The molecule has 0 bridgehead atoms. The molecule has 0 amide bonds. The smallest absolute Gasteiger partial charge is 0.145 e. The fourth-order valence-electron chi connectivity index (χ4n) is 3.86. The van der Waals surface area contributed by atoms with E-state index in [4.69, 9.17) is 14.2 Å². The summed E-state index contributed by atoms with van der Waals surface area (Å²) in [5, 5.41) is 1.15. The Labute approximate surface area is 148 Å². The second-order valence-electron chi connectivity index (χ2n) is 6.84. The molecule has 0 unspecified atom stereocenters. The monoisotopic (exact) mass is 342 g/mol. The summed E-state index contributed by atoms with van der Waals surface area (Å²) in [6.45, 7) is 3.66. The molecule has 0 aliphatic carbocycles. The van der Waals surface area contributed by atoms with Gasteiger partial charge in [-0.1, -0.05) is 12.1 Å². The van der Waals surface area contributed by atoms with E-state index in [-0.39, 0.29) is 0 Å². The Morgan fingerprint density at radius 1 is 1.20 bits per heavy atom. The molecule has 2 aliphatic heterocycles. The van der Waals surface area contributed by atoms with Crippen LogP contribution in [0.3, 0.4) is 0 Å². The number of para-hydroxylation sites is 1. The highest BCUT2D eigenvalue weighted by molar-refractivity contribution is 5.95. The van der Waals surface area contributed by atoms with Crippen LogP contribution in [0.5, 0.6) is 5.75 Å². The Bertz CT molecular complexity index is 707. The molecule has 4 rings (SSSR count). The van der Waals surface area contributed by atoms with Crippen LogP contribution in [-0.4, -0.2) is 50.6 Å². The molecule has 2 aliphatic rings. The van der Waals surface area contributed by atoms with E-state index in [2.05, 4.69) is 22.0 Å². The molecule has 134 valence electrons. The van der Waals surface area contributed by atoms with Crippen LogP contribution in [0, 0.1) is 0 Å². The molecule has 2 fully saturated rings. The van der Waals surface area contributed by atoms with Gasteiger partial charge in [-0.05, 0) is 37.8 Å². The fraction of sp³-hybridized carbons (Fsp3) is 0.550. The lowest BCUT2D eigenvalue weighted by atomic mass is 10.1. The van der Waals surface area contributed by atoms with Crippen molar-refractivity contribution in [1.29, 1.82) is 0 Å². The van der Waals surface area contributed by atoms with Gasteiger partial charge >= 0.3 is 0 Å². The Kier molecular flexibility index (Phi) is 5.04. The summed E-state index contributed by atoms with van der Waals surface area (Å²) in [6.07, 6.45) is 6.97. The highest BCUT2D eigenvalue weighted by Crippen LogP contribution is 2.32. The van der Waals surface area contributed by atoms with Crippen molar-refractivity contribution >= 4 is 16.6 Å². The van der Waals surface area contributed by atoms with Crippen molar-refractivity contribution in [1.82, 2.24) is 4.98 Å². The molecule has 25 heavy (non-hydrogen) atoms. The molecule has 3 heterocycles. The highest BCUT2D eigenvalue weighted by Gasteiger charge is 2.24. The minimum absolute atomic E-state index is 0.314. The lowest BCUT2D eigenvalue weighted by Crippen LogP contribution is -2.38. The minimum Gasteiger partial charge on any atom is -0.494 e. The first-order chi connectivity index (χ1) is 12.3. The van der Waals surface area contributed by atoms with Gasteiger partial charge in [0.1, 0.15) is 11.3 Å². The van der Waals surface area contributed by atoms with Crippen molar-refractivity contribution in [2.24, 2.45) is 0 Å². The van der Waals surface area contributed by atoms with E-state index in [1.54, 1.807) is 7.11 Å². The van der Waals surface area contributed by atoms with Crippen molar-refractivity contribution in [3.8, 4) is 5.75 Å². The summed E-state index contributed by atoms with van der Waals surface area (Å²) in [7, 11) is 1.69. The van der Waals surface area contributed by atoms with E-state index in [1.807, 2.05) is 18.3 Å². The summed E-state index contributed by atoms with van der Waals surface area (Å²) < 4.78 is 17.2. The Balaban J connectivity index is 1.41. The number of hydrogen-bond acceptors (Lipinski definition) is 5. The second-order valence-corrected chi connectivity index (χ2v) is 6.84. The predicted octanol–water partition coefficient (Wildman–Crippen LogP) is 3.41. The van der Waals surface area contributed by atoms with Crippen molar-refractivity contribution in [2.45, 2.75) is 37.9 Å². The second kappa shape index (κ2) is 7.58.